The van der Waals surface area contributed by atoms with Crippen molar-refractivity contribution in [3.8, 4) is 0 Å². The van der Waals surface area contributed by atoms with Crippen molar-refractivity contribution in [2.75, 3.05) is 24.7 Å². The molecule has 168 valence electrons. The zero-order valence-electron chi connectivity index (χ0n) is 17.3. The molecule has 1 aliphatic heterocycles. The smallest absolute Gasteiger partial charge is 0.167 e. The van der Waals surface area contributed by atoms with Gasteiger partial charge in [-0.2, -0.15) is 0 Å². The second-order valence-corrected chi connectivity index (χ2v) is 8.56. The number of fused-ring (bicyclic) bond motifs is 2. The van der Waals surface area contributed by atoms with Gasteiger partial charge in [0.05, 0.1) is 12.9 Å². The molecule has 32 heavy (non-hydrogen) atoms. The van der Waals surface area contributed by atoms with E-state index < -0.39 is 31.1 Å². The second kappa shape index (κ2) is 8.68. The van der Waals surface area contributed by atoms with Gasteiger partial charge in [-0.15, -0.1) is 11.8 Å². The molecule has 3 aromatic heterocycles. The molecule has 4 atom stereocenters. The minimum atomic E-state index is -1.20. The summed E-state index contributed by atoms with van der Waals surface area (Å²) in [4.78, 5) is 17.5. The zero-order chi connectivity index (χ0) is 22.2. The van der Waals surface area contributed by atoms with E-state index in [-0.39, 0.29) is 0 Å². The van der Waals surface area contributed by atoms with Crippen LogP contribution in [-0.4, -0.2) is 77.5 Å². The van der Waals surface area contributed by atoms with E-state index in [0.717, 1.165) is 11.9 Å². The molecular weight excluding hydrogens is 432 g/mol. The number of benzene rings is 1. The number of aromatic nitrogens is 5. The van der Waals surface area contributed by atoms with Gasteiger partial charge in [0.2, 0.25) is 0 Å². The van der Waals surface area contributed by atoms with E-state index in [2.05, 4.69) is 49.7 Å². The number of thioether (sulfide) groups is 1. The normalized spacial score (nSPS) is 23.4. The van der Waals surface area contributed by atoms with Crippen LogP contribution in [0.15, 0.2) is 41.9 Å². The summed E-state index contributed by atoms with van der Waals surface area (Å²) in [6, 6.07) is 6.39. The quantitative estimate of drug-likeness (QED) is 0.260. The van der Waals surface area contributed by atoms with Crippen LogP contribution < -0.4 is 5.32 Å². The Morgan fingerprint density at radius 3 is 2.88 bits per heavy atom. The minimum absolute atomic E-state index is 0.393. The van der Waals surface area contributed by atoms with Crippen LogP contribution in [-0.2, 0) is 11.2 Å². The number of rotatable bonds is 7. The highest BCUT2D eigenvalue weighted by atomic mass is 32.2. The summed E-state index contributed by atoms with van der Waals surface area (Å²) < 4.78 is 7.16. The number of nitrogens with zero attached hydrogens (tertiary/aromatic N) is 4. The molecule has 0 radical (unpaired) electrons. The zero-order valence-corrected chi connectivity index (χ0v) is 18.2. The van der Waals surface area contributed by atoms with Gasteiger partial charge in [-0.1, -0.05) is 0 Å². The van der Waals surface area contributed by atoms with E-state index in [1.54, 1.807) is 16.3 Å². The lowest BCUT2D eigenvalue weighted by Gasteiger charge is -2.16. The highest BCUT2D eigenvalue weighted by Crippen LogP contribution is 2.32. The molecule has 0 saturated carbocycles. The molecule has 10 nitrogen and oxygen atoms in total. The molecular formula is C21H24N6O4S. The molecule has 0 bridgehead atoms. The molecule has 5 N–H and O–H groups in total. The van der Waals surface area contributed by atoms with Crippen LogP contribution in [0.1, 0.15) is 11.8 Å². The number of nitrogens with one attached hydrogen (secondary N) is 2. The number of ether oxygens (including phenoxy) is 1. The summed E-state index contributed by atoms with van der Waals surface area (Å²) in [5.74, 6) is 0.574. The fraction of sp³-hybridized carbons (Fsp3) is 0.381. The molecule has 0 aliphatic carbocycles. The standard InChI is InChI=1S/C21H24N6O4S/c1-32-12-2-3-14-13(6-12)11(7-23-14)4-5-22-19-16-20(25-9-24-19)27(10-26-16)21-18(30)17(29)15(8-28)31-21/h2-3,6-7,9-10,15,17-18,21,23,28-30H,4-5,8H2,1H3,(H,22,24,25)/t15-,17-,18-,21-/m1/s1. The van der Waals surface area contributed by atoms with Crippen molar-refractivity contribution in [1.29, 1.82) is 0 Å². The minimum Gasteiger partial charge on any atom is -0.394 e. The maximum absolute atomic E-state index is 10.3. The van der Waals surface area contributed by atoms with Crippen LogP contribution in [0.4, 0.5) is 5.82 Å². The highest BCUT2D eigenvalue weighted by Gasteiger charge is 2.44. The van der Waals surface area contributed by atoms with E-state index in [9.17, 15) is 15.3 Å². The van der Waals surface area contributed by atoms with Crippen LogP contribution in [0.2, 0.25) is 0 Å². The second-order valence-electron chi connectivity index (χ2n) is 7.68. The van der Waals surface area contributed by atoms with Crippen molar-refractivity contribution >= 4 is 39.6 Å². The Morgan fingerprint density at radius 1 is 1.22 bits per heavy atom. The number of aromatic amines is 1. The lowest BCUT2D eigenvalue weighted by atomic mass is 10.1. The molecule has 1 aromatic carbocycles. The maximum Gasteiger partial charge on any atom is 0.167 e. The Morgan fingerprint density at radius 2 is 2.09 bits per heavy atom. The first-order valence-corrected chi connectivity index (χ1v) is 11.5. The Bertz CT molecular complexity index is 1240. The number of hydrogen-bond acceptors (Lipinski definition) is 9. The molecule has 5 rings (SSSR count). The Labute approximate surface area is 187 Å². The number of imidazole rings is 1. The van der Waals surface area contributed by atoms with Gasteiger partial charge < -0.3 is 30.4 Å². The van der Waals surface area contributed by atoms with Gasteiger partial charge in [0.15, 0.2) is 23.2 Å². The summed E-state index contributed by atoms with van der Waals surface area (Å²) in [5.41, 5.74) is 3.33. The average molecular weight is 457 g/mol. The monoisotopic (exact) mass is 456 g/mol. The molecule has 11 heteroatoms. The summed E-state index contributed by atoms with van der Waals surface area (Å²) >= 11 is 1.72. The molecule has 0 spiro atoms. The third-order valence-electron chi connectivity index (χ3n) is 5.81. The van der Waals surface area contributed by atoms with Crippen molar-refractivity contribution in [1.82, 2.24) is 24.5 Å². The van der Waals surface area contributed by atoms with Crippen molar-refractivity contribution in [3.63, 3.8) is 0 Å². The molecule has 4 heterocycles. The SMILES string of the molecule is CSc1ccc2[nH]cc(CCNc3ncnc4c3ncn4[C@@H]3O[C@H](CO)[C@@H](O)[C@H]3O)c2c1. The fourth-order valence-corrected chi connectivity index (χ4v) is 4.52. The predicted octanol–water partition coefficient (Wildman–Crippen LogP) is 1.30. The van der Waals surface area contributed by atoms with Crippen LogP contribution in [0, 0.1) is 0 Å². The van der Waals surface area contributed by atoms with Gasteiger partial charge in [0.1, 0.15) is 24.6 Å². The van der Waals surface area contributed by atoms with Crippen LogP contribution in [0.25, 0.3) is 22.1 Å². The molecule has 0 amide bonds. The summed E-state index contributed by atoms with van der Waals surface area (Å²) in [7, 11) is 0. The number of H-pyrrole nitrogens is 1. The Hall–Kier alpha value is -2.70. The van der Waals surface area contributed by atoms with Gasteiger partial charge in [0, 0.05) is 28.5 Å². The topological polar surface area (TPSA) is 141 Å². The number of aliphatic hydroxyl groups excluding tert-OH is 3. The van der Waals surface area contributed by atoms with Gasteiger partial charge >= 0.3 is 0 Å². The van der Waals surface area contributed by atoms with E-state index in [1.165, 1.54) is 28.5 Å². The molecule has 1 aliphatic rings. The van der Waals surface area contributed by atoms with Gasteiger partial charge in [-0.05, 0) is 36.4 Å². The average Bonchev–Trinajstić information content (AvgIpc) is 3.50. The highest BCUT2D eigenvalue weighted by molar-refractivity contribution is 7.98. The summed E-state index contributed by atoms with van der Waals surface area (Å²) in [5, 5.41) is 34.3. The van der Waals surface area contributed by atoms with E-state index >= 15 is 0 Å². The van der Waals surface area contributed by atoms with Crippen molar-refractivity contribution in [3.05, 3.63) is 42.6 Å². The largest absolute Gasteiger partial charge is 0.394 e. The predicted molar refractivity (Wildman–Crippen MR) is 121 cm³/mol. The lowest BCUT2D eigenvalue weighted by molar-refractivity contribution is -0.0511. The number of anilines is 1. The van der Waals surface area contributed by atoms with Crippen LogP contribution in [0.5, 0.6) is 0 Å². The Kier molecular flexibility index (Phi) is 5.74. The van der Waals surface area contributed by atoms with Gasteiger partial charge in [-0.3, -0.25) is 4.57 Å². The lowest BCUT2D eigenvalue weighted by Crippen LogP contribution is -2.33. The van der Waals surface area contributed by atoms with Gasteiger partial charge in [0.25, 0.3) is 0 Å². The van der Waals surface area contributed by atoms with Crippen LogP contribution in [0.3, 0.4) is 0 Å². The molecule has 4 aromatic rings. The van der Waals surface area contributed by atoms with E-state index in [1.807, 2.05) is 6.20 Å². The first kappa shape index (κ1) is 21.2. The first-order chi connectivity index (χ1) is 15.6. The maximum atomic E-state index is 10.3. The fourth-order valence-electron chi connectivity index (χ4n) is 4.08. The molecule has 1 saturated heterocycles. The van der Waals surface area contributed by atoms with E-state index in [4.69, 9.17) is 4.74 Å². The van der Waals surface area contributed by atoms with Crippen molar-refractivity contribution < 1.29 is 20.1 Å². The molecule has 0 unspecified atom stereocenters. The molecule has 1 fully saturated rings. The summed E-state index contributed by atoms with van der Waals surface area (Å²) in [6.07, 6.45) is 3.64. The van der Waals surface area contributed by atoms with Crippen molar-refractivity contribution in [2.24, 2.45) is 0 Å². The van der Waals surface area contributed by atoms with Crippen molar-refractivity contribution in [2.45, 2.75) is 35.9 Å². The number of aliphatic hydroxyl groups is 3. The van der Waals surface area contributed by atoms with Crippen LogP contribution >= 0.6 is 11.8 Å². The first-order valence-electron chi connectivity index (χ1n) is 10.3. The van der Waals surface area contributed by atoms with Gasteiger partial charge in [-0.25, -0.2) is 15.0 Å². The summed E-state index contributed by atoms with van der Waals surface area (Å²) in [6.45, 7) is 0.249. The third kappa shape index (κ3) is 3.61. The van der Waals surface area contributed by atoms with E-state index in [0.29, 0.717) is 23.5 Å². The number of hydrogen-bond donors (Lipinski definition) is 5. The third-order valence-corrected chi connectivity index (χ3v) is 6.54. The Balaban J connectivity index is 1.34.